The highest BCUT2D eigenvalue weighted by Gasteiger charge is 2.11. The van der Waals surface area contributed by atoms with E-state index in [2.05, 4.69) is 46.6 Å². The summed E-state index contributed by atoms with van der Waals surface area (Å²) in [6, 6.07) is 15.9. The first-order valence-corrected chi connectivity index (χ1v) is 10.8. The molecule has 2 heterocycles. The Morgan fingerprint density at radius 3 is 2.50 bits per heavy atom. The molecule has 0 saturated carbocycles. The smallest absolute Gasteiger partial charge is 0.248 e. The third kappa shape index (κ3) is 4.31. The zero-order valence-corrected chi connectivity index (χ0v) is 18.0. The maximum Gasteiger partial charge on any atom is 0.248 e. The molecule has 7 heteroatoms. The Balaban J connectivity index is 1.41. The molecule has 0 saturated heterocycles. The topological polar surface area (TPSA) is 72.2 Å². The lowest BCUT2D eigenvalue weighted by Gasteiger charge is -2.05. The van der Waals surface area contributed by atoms with Crippen molar-refractivity contribution in [2.75, 3.05) is 5.32 Å². The predicted molar refractivity (Wildman–Crippen MR) is 122 cm³/mol. The summed E-state index contributed by atoms with van der Waals surface area (Å²) in [4.78, 5) is 13.0. The molecule has 30 heavy (non-hydrogen) atoms. The molecule has 2 aromatic heterocycles. The lowest BCUT2D eigenvalue weighted by atomic mass is 10.0. The third-order valence-corrected chi connectivity index (χ3v) is 5.75. The van der Waals surface area contributed by atoms with E-state index >= 15 is 0 Å². The van der Waals surface area contributed by atoms with Crippen LogP contribution in [0.25, 0.3) is 21.6 Å². The number of aryl methyl sites for hydroxylation is 1. The molecular formula is C23H23N5OS. The van der Waals surface area contributed by atoms with Gasteiger partial charge in [-0.15, -0.1) is 10.2 Å². The van der Waals surface area contributed by atoms with Crippen LogP contribution in [-0.2, 0) is 11.2 Å². The number of hydrogen-bond donors (Lipinski definition) is 1. The third-order valence-electron chi connectivity index (χ3n) is 4.80. The molecule has 0 aliphatic heterocycles. The highest BCUT2D eigenvalue weighted by molar-refractivity contribution is 7.19. The number of carbonyl (C=O) groups is 1. The van der Waals surface area contributed by atoms with E-state index in [-0.39, 0.29) is 5.91 Å². The number of carbonyl (C=O) groups excluding carboxylic acids is 1. The first kappa shape index (κ1) is 20.0. The molecular weight excluding hydrogens is 394 g/mol. The van der Waals surface area contributed by atoms with Gasteiger partial charge in [0.05, 0.1) is 0 Å². The number of anilines is 1. The van der Waals surface area contributed by atoms with Crippen molar-refractivity contribution in [3.05, 3.63) is 71.6 Å². The summed E-state index contributed by atoms with van der Waals surface area (Å²) in [5.41, 5.74) is 4.00. The first-order chi connectivity index (χ1) is 14.5. The zero-order chi connectivity index (χ0) is 21.1. The van der Waals surface area contributed by atoms with Gasteiger partial charge in [0.1, 0.15) is 5.01 Å². The molecule has 152 valence electrons. The van der Waals surface area contributed by atoms with Crippen LogP contribution in [0.2, 0.25) is 0 Å². The van der Waals surface area contributed by atoms with Crippen molar-refractivity contribution in [1.29, 1.82) is 0 Å². The molecule has 1 amide bonds. The Kier molecular flexibility index (Phi) is 5.72. The normalized spacial score (nSPS) is 11.6. The lowest BCUT2D eigenvalue weighted by molar-refractivity contribution is -0.111. The molecule has 4 aromatic rings. The minimum absolute atomic E-state index is 0.165. The quantitative estimate of drug-likeness (QED) is 0.438. The predicted octanol–water partition coefficient (Wildman–Crippen LogP) is 5.19. The van der Waals surface area contributed by atoms with E-state index in [9.17, 15) is 4.79 Å². The Hall–Kier alpha value is -3.32. The van der Waals surface area contributed by atoms with E-state index in [1.165, 1.54) is 16.9 Å². The summed E-state index contributed by atoms with van der Waals surface area (Å²) < 4.78 is 1.79. The van der Waals surface area contributed by atoms with Crippen LogP contribution in [0.1, 0.15) is 43.6 Å². The number of fused-ring (bicyclic) bond motifs is 1. The van der Waals surface area contributed by atoms with Crippen LogP contribution in [-0.4, -0.2) is 25.7 Å². The number of hydrogen-bond acceptors (Lipinski definition) is 5. The molecule has 0 unspecified atom stereocenters. The average Bonchev–Trinajstić information content (AvgIpc) is 3.34. The van der Waals surface area contributed by atoms with Gasteiger partial charge in [-0.1, -0.05) is 56.4 Å². The van der Waals surface area contributed by atoms with Crippen molar-refractivity contribution in [2.45, 2.75) is 33.1 Å². The molecule has 0 fully saturated rings. The molecule has 0 aliphatic rings. The second kappa shape index (κ2) is 8.59. The van der Waals surface area contributed by atoms with Crippen molar-refractivity contribution in [1.82, 2.24) is 19.8 Å². The summed E-state index contributed by atoms with van der Waals surface area (Å²) >= 11 is 1.49. The fourth-order valence-electron chi connectivity index (χ4n) is 3.04. The van der Waals surface area contributed by atoms with E-state index in [4.69, 9.17) is 0 Å². The van der Waals surface area contributed by atoms with Gasteiger partial charge in [-0.2, -0.15) is 9.61 Å². The van der Waals surface area contributed by atoms with Crippen molar-refractivity contribution in [2.24, 2.45) is 0 Å². The molecule has 1 N–H and O–H groups in total. The van der Waals surface area contributed by atoms with E-state index in [1.54, 1.807) is 10.6 Å². The summed E-state index contributed by atoms with van der Waals surface area (Å²) in [7, 11) is 0. The Morgan fingerprint density at radius 1 is 1.10 bits per heavy atom. The maximum absolute atomic E-state index is 12.2. The summed E-state index contributed by atoms with van der Waals surface area (Å²) in [5, 5.41) is 16.6. The number of amides is 1. The Morgan fingerprint density at radius 2 is 1.83 bits per heavy atom. The van der Waals surface area contributed by atoms with Crippen molar-refractivity contribution in [3.63, 3.8) is 0 Å². The number of benzene rings is 2. The van der Waals surface area contributed by atoms with Crippen LogP contribution in [0, 0.1) is 0 Å². The number of nitrogens with one attached hydrogen (secondary N) is 1. The van der Waals surface area contributed by atoms with Crippen LogP contribution in [0.15, 0.2) is 54.6 Å². The number of nitrogens with zero attached hydrogens (tertiary/aromatic N) is 4. The van der Waals surface area contributed by atoms with E-state index in [0.29, 0.717) is 5.92 Å². The van der Waals surface area contributed by atoms with Gasteiger partial charge >= 0.3 is 0 Å². The Bertz CT molecular complexity index is 1190. The largest absolute Gasteiger partial charge is 0.323 e. The van der Waals surface area contributed by atoms with E-state index in [0.717, 1.165) is 39.0 Å². The zero-order valence-electron chi connectivity index (χ0n) is 17.2. The highest BCUT2D eigenvalue weighted by atomic mass is 32.1. The van der Waals surface area contributed by atoms with Gasteiger partial charge < -0.3 is 5.32 Å². The molecule has 2 aromatic carbocycles. The van der Waals surface area contributed by atoms with Gasteiger partial charge in [-0.3, -0.25) is 4.79 Å². The van der Waals surface area contributed by atoms with Crippen molar-refractivity contribution in [3.8, 4) is 10.6 Å². The lowest BCUT2D eigenvalue weighted by Crippen LogP contribution is -2.07. The van der Waals surface area contributed by atoms with Crippen LogP contribution in [0.5, 0.6) is 0 Å². The van der Waals surface area contributed by atoms with Crippen molar-refractivity contribution < 1.29 is 4.79 Å². The van der Waals surface area contributed by atoms with Crippen LogP contribution < -0.4 is 5.32 Å². The summed E-state index contributed by atoms with van der Waals surface area (Å²) in [6.45, 7) is 6.35. The fourth-order valence-corrected chi connectivity index (χ4v) is 3.90. The molecule has 0 aliphatic carbocycles. The molecule has 0 radical (unpaired) electrons. The minimum Gasteiger partial charge on any atom is -0.323 e. The van der Waals surface area contributed by atoms with Crippen molar-refractivity contribution >= 4 is 34.0 Å². The summed E-state index contributed by atoms with van der Waals surface area (Å²) in [6.07, 6.45) is 4.15. The average molecular weight is 418 g/mol. The SMILES string of the molecule is CCc1nnc2sc(-c3ccc(NC(=O)C=Cc4ccc(C(C)C)cc4)cc3)nn12. The van der Waals surface area contributed by atoms with Gasteiger partial charge in [-0.25, -0.2) is 0 Å². The first-order valence-electron chi connectivity index (χ1n) is 9.94. The fraction of sp³-hybridized carbons (Fsp3) is 0.217. The van der Waals surface area contributed by atoms with Gasteiger partial charge in [0.2, 0.25) is 10.9 Å². The maximum atomic E-state index is 12.2. The number of aromatic nitrogens is 4. The van der Waals surface area contributed by atoms with E-state index < -0.39 is 0 Å². The molecule has 0 spiro atoms. The van der Waals surface area contributed by atoms with Crippen LogP contribution in [0.3, 0.4) is 0 Å². The standard InChI is InChI=1S/C23H23N5OS/c1-4-20-25-26-23-28(20)27-22(30-23)18-10-12-19(13-11-18)24-21(29)14-7-16-5-8-17(9-6-16)15(2)3/h5-15H,4H2,1-3H3,(H,24,29). The molecule has 6 nitrogen and oxygen atoms in total. The van der Waals surface area contributed by atoms with Gasteiger partial charge in [0.25, 0.3) is 0 Å². The monoisotopic (exact) mass is 417 g/mol. The minimum atomic E-state index is -0.165. The highest BCUT2D eigenvalue weighted by Crippen LogP contribution is 2.26. The second-order valence-corrected chi connectivity index (χ2v) is 8.25. The second-order valence-electron chi connectivity index (χ2n) is 7.29. The van der Waals surface area contributed by atoms with Gasteiger partial charge in [0.15, 0.2) is 5.82 Å². The summed E-state index contributed by atoms with van der Waals surface area (Å²) in [5.74, 6) is 1.18. The molecule has 4 rings (SSSR count). The molecule has 0 atom stereocenters. The van der Waals surface area contributed by atoms with Crippen LogP contribution >= 0.6 is 11.3 Å². The Labute approximate surface area is 179 Å². The number of rotatable bonds is 6. The van der Waals surface area contributed by atoms with Gasteiger partial charge in [0, 0.05) is 23.7 Å². The molecule has 0 bridgehead atoms. The van der Waals surface area contributed by atoms with Crippen LogP contribution in [0.4, 0.5) is 5.69 Å². The van der Waals surface area contributed by atoms with Gasteiger partial charge in [-0.05, 0) is 47.4 Å². The van der Waals surface area contributed by atoms with E-state index in [1.807, 2.05) is 49.4 Å².